The fourth-order valence-electron chi connectivity index (χ4n) is 2.65. The standard InChI is InChI=1S/C14H19N5O/c15-5-8-19-6-3-11(4-7-19)16-12-9-13(20)18-14(17-12)10-1-2-10/h9-11H,1-4,6-8H2,(H2,16,17,18,20). The van der Waals surface area contributed by atoms with E-state index < -0.39 is 0 Å². The molecule has 2 aliphatic rings. The molecule has 106 valence electrons. The third-order valence-electron chi connectivity index (χ3n) is 3.96. The molecule has 2 fully saturated rings. The third-order valence-corrected chi connectivity index (χ3v) is 3.96. The van der Waals surface area contributed by atoms with E-state index in [1.807, 2.05) is 0 Å². The summed E-state index contributed by atoms with van der Waals surface area (Å²) in [6, 6.07) is 4.06. The number of piperidine rings is 1. The lowest BCUT2D eigenvalue weighted by molar-refractivity contribution is 0.242. The van der Waals surface area contributed by atoms with Crippen LogP contribution in [0.2, 0.25) is 0 Å². The van der Waals surface area contributed by atoms with Gasteiger partial charge in [-0.25, -0.2) is 4.98 Å². The van der Waals surface area contributed by atoms with E-state index in [4.69, 9.17) is 5.26 Å². The maximum absolute atomic E-state index is 11.6. The van der Waals surface area contributed by atoms with Gasteiger partial charge >= 0.3 is 0 Å². The van der Waals surface area contributed by atoms with Crippen molar-refractivity contribution < 1.29 is 0 Å². The number of rotatable bonds is 4. The minimum absolute atomic E-state index is 0.0775. The molecule has 1 aromatic heterocycles. The minimum Gasteiger partial charge on any atom is -0.367 e. The van der Waals surface area contributed by atoms with Gasteiger partial charge in [0.05, 0.1) is 12.6 Å². The summed E-state index contributed by atoms with van der Waals surface area (Å²) in [7, 11) is 0. The molecule has 1 aliphatic heterocycles. The molecule has 1 saturated heterocycles. The van der Waals surface area contributed by atoms with E-state index in [1.54, 1.807) is 0 Å². The summed E-state index contributed by atoms with van der Waals surface area (Å²) in [5.41, 5.74) is -0.0775. The Kier molecular flexibility index (Phi) is 3.70. The lowest BCUT2D eigenvalue weighted by Gasteiger charge is -2.30. The van der Waals surface area contributed by atoms with Crippen LogP contribution in [-0.4, -0.2) is 40.5 Å². The van der Waals surface area contributed by atoms with Crippen molar-refractivity contribution in [2.45, 2.75) is 37.6 Å². The maximum atomic E-state index is 11.6. The number of H-pyrrole nitrogens is 1. The highest BCUT2D eigenvalue weighted by atomic mass is 16.1. The lowest BCUT2D eigenvalue weighted by Crippen LogP contribution is -2.39. The van der Waals surface area contributed by atoms with E-state index in [9.17, 15) is 4.79 Å². The second-order valence-corrected chi connectivity index (χ2v) is 5.64. The number of anilines is 1. The predicted octanol–water partition coefficient (Wildman–Crippen LogP) is 1.05. The molecule has 1 aromatic rings. The van der Waals surface area contributed by atoms with Gasteiger partial charge < -0.3 is 10.3 Å². The SMILES string of the molecule is N#CCN1CCC(Nc2cc(=O)[nH]c(C3CC3)n2)CC1. The molecule has 20 heavy (non-hydrogen) atoms. The predicted molar refractivity (Wildman–Crippen MR) is 75.5 cm³/mol. The Morgan fingerprint density at radius 2 is 2.15 bits per heavy atom. The van der Waals surface area contributed by atoms with E-state index in [-0.39, 0.29) is 5.56 Å². The zero-order valence-electron chi connectivity index (χ0n) is 11.4. The van der Waals surface area contributed by atoms with Gasteiger partial charge in [-0.3, -0.25) is 9.69 Å². The zero-order valence-corrected chi connectivity index (χ0v) is 11.4. The first-order chi connectivity index (χ1) is 9.74. The van der Waals surface area contributed by atoms with Crippen LogP contribution in [0.4, 0.5) is 5.82 Å². The smallest absolute Gasteiger partial charge is 0.252 e. The number of nitrogens with zero attached hydrogens (tertiary/aromatic N) is 3. The maximum Gasteiger partial charge on any atom is 0.252 e. The topological polar surface area (TPSA) is 84.8 Å². The van der Waals surface area contributed by atoms with Crippen LogP contribution >= 0.6 is 0 Å². The van der Waals surface area contributed by atoms with Crippen LogP contribution in [0.25, 0.3) is 0 Å². The second-order valence-electron chi connectivity index (χ2n) is 5.64. The first-order valence-electron chi connectivity index (χ1n) is 7.21. The second kappa shape index (κ2) is 5.63. The molecule has 0 amide bonds. The van der Waals surface area contributed by atoms with Crippen molar-refractivity contribution in [3.05, 3.63) is 22.2 Å². The van der Waals surface area contributed by atoms with Crippen LogP contribution < -0.4 is 10.9 Å². The van der Waals surface area contributed by atoms with E-state index in [0.29, 0.717) is 24.3 Å². The fourth-order valence-corrected chi connectivity index (χ4v) is 2.65. The molecular weight excluding hydrogens is 254 g/mol. The summed E-state index contributed by atoms with van der Waals surface area (Å²) in [6.45, 7) is 2.34. The van der Waals surface area contributed by atoms with Gasteiger partial charge in [-0.05, 0) is 25.7 Å². The number of nitrogens with one attached hydrogen (secondary N) is 2. The van der Waals surface area contributed by atoms with E-state index in [2.05, 4.69) is 26.3 Å². The number of aromatic amines is 1. The summed E-state index contributed by atoms with van der Waals surface area (Å²) in [5.74, 6) is 1.96. The van der Waals surface area contributed by atoms with Crippen molar-refractivity contribution in [1.29, 1.82) is 5.26 Å². The summed E-state index contributed by atoms with van der Waals surface area (Å²) in [6.07, 6.45) is 4.21. The molecule has 0 aromatic carbocycles. The summed E-state index contributed by atoms with van der Waals surface area (Å²) >= 11 is 0. The molecule has 0 spiro atoms. The van der Waals surface area contributed by atoms with Crippen LogP contribution in [0.5, 0.6) is 0 Å². The number of hydrogen-bond acceptors (Lipinski definition) is 5. The van der Waals surface area contributed by atoms with Gasteiger partial charge in [0.25, 0.3) is 5.56 Å². The van der Waals surface area contributed by atoms with Crippen molar-refractivity contribution in [3.8, 4) is 6.07 Å². The molecule has 6 nitrogen and oxygen atoms in total. The lowest BCUT2D eigenvalue weighted by atomic mass is 10.1. The minimum atomic E-state index is -0.0775. The Morgan fingerprint density at radius 1 is 1.40 bits per heavy atom. The molecule has 2 heterocycles. The molecule has 1 saturated carbocycles. The summed E-state index contributed by atoms with van der Waals surface area (Å²) in [5, 5.41) is 12.0. The molecule has 0 radical (unpaired) electrons. The molecule has 2 N–H and O–H groups in total. The Labute approximate surface area is 117 Å². The molecule has 1 aliphatic carbocycles. The van der Waals surface area contributed by atoms with Crippen molar-refractivity contribution >= 4 is 5.82 Å². The highest BCUT2D eigenvalue weighted by Gasteiger charge is 2.27. The molecular formula is C14H19N5O. The van der Waals surface area contributed by atoms with Crippen LogP contribution in [0, 0.1) is 11.3 Å². The molecule has 0 bridgehead atoms. The monoisotopic (exact) mass is 273 g/mol. The van der Waals surface area contributed by atoms with Crippen LogP contribution in [0.1, 0.15) is 37.4 Å². The van der Waals surface area contributed by atoms with Crippen molar-refractivity contribution in [2.75, 3.05) is 25.0 Å². The van der Waals surface area contributed by atoms with E-state index >= 15 is 0 Å². The average molecular weight is 273 g/mol. The van der Waals surface area contributed by atoms with Crippen LogP contribution in [-0.2, 0) is 0 Å². The first-order valence-corrected chi connectivity index (χ1v) is 7.21. The number of likely N-dealkylation sites (tertiary alicyclic amines) is 1. The quantitative estimate of drug-likeness (QED) is 0.801. The van der Waals surface area contributed by atoms with Gasteiger partial charge in [0.15, 0.2) is 0 Å². The highest BCUT2D eigenvalue weighted by molar-refractivity contribution is 5.35. The van der Waals surface area contributed by atoms with E-state index in [1.165, 1.54) is 6.07 Å². The average Bonchev–Trinajstić information content (AvgIpc) is 3.25. The van der Waals surface area contributed by atoms with Gasteiger partial charge in [0.1, 0.15) is 11.6 Å². The van der Waals surface area contributed by atoms with Crippen molar-refractivity contribution in [3.63, 3.8) is 0 Å². The van der Waals surface area contributed by atoms with E-state index in [0.717, 1.165) is 44.6 Å². The zero-order chi connectivity index (χ0) is 13.9. The first kappa shape index (κ1) is 13.1. The summed E-state index contributed by atoms with van der Waals surface area (Å²) in [4.78, 5) is 21.1. The van der Waals surface area contributed by atoms with Gasteiger partial charge in [0.2, 0.25) is 0 Å². The fraction of sp³-hybridized carbons (Fsp3) is 0.643. The number of nitriles is 1. The van der Waals surface area contributed by atoms with Gasteiger partial charge in [-0.2, -0.15) is 5.26 Å². The van der Waals surface area contributed by atoms with Gasteiger partial charge in [0, 0.05) is 31.1 Å². The Hall–Kier alpha value is -1.87. The molecule has 3 rings (SSSR count). The summed E-state index contributed by atoms with van der Waals surface area (Å²) < 4.78 is 0. The number of aromatic nitrogens is 2. The Bertz CT molecular complexity index is 564. The van der Waals surface area contributed by atoms with Crippen LogP contribution in [0.15, 0.2) is 10.9 Å². The third kappa shape index (κ3) is 3.17. The molecule has 0 unspecified atom stereocenters. The van der Waals surface area contributed by atoms with Crippen molar-refractivity contribution in [1.82, 2.24) is 14.9 Å². The highest BCUT2D eigenvalue weighted by Crippen LogP contribution is 2.37. The largest absolute Gasteiger partial charge is 0.367 e. The van der Waals surface area contributed by atoms with Crippen LogP contribution in [0.3, 0.4) is 0 Å². The molecule has 6 heteroatoms. The number of hydrogen-bond donors (Lipinski definition) is 2. The van der Waals surface area contributed by atoms with Crippen molar-refractivity contribution in [2.24, 2.45) is 0 Å². The molecule has 0 atom stereocenters. The Balaban J connectivity index is 1.61. The normalized spacial score (nSPS) is 20.6. The van der Waals surface area contributed by atoms with Gasteiger partial charge in [-0.15, -0.1) is 0 Å². The Morgan fingerprint density at radius 3 is 2.80 bits per heavy atom. The van der Waals surface area contributed by atoms with Gasteiger partial charge in [-0.1, -0.05) is 0 Å².